The summed E-state index contributed by atoms with van der Waals surface area (Å²) in [6.45, 7) is 0.335. The number of nitrogen functional groups attached to an aromatic ring is 1. The first-order valence-electron chi connectivity index (χ1n) is 6.67. The SMILES string of the molecule is Nc1ccc(Cl)c(CN2C(=O)CCc3cc(F)ccc32)c1. The van der Waals surface area contributed by atoms with Crippen molar-refractivity contribution in [3.8, 4) is 0 Å². The number of carbonyl (C=O) groups is 1. The van der Waals surface area contributed by atoms with Crippen molar-refractivity contribution in [2.45, 2.75) is 19.4 Å². The van der Waals surface area contributed by atoms with Crippen LogP contribution in [0.5, 0.6) is 0 Å². The standard InChI is InChI=1S/C16H14ClFN2O/c17-14-4-3-13(19)8-11(14)9-20-15-5-2-12(18)7-10(15)1-6-16(20)21/h2-5,7-8H,1,6,9,19H2. The number of aryl methyl sites for hydroxylation is 1. The van der Waals surface area contributed by atoms with Crippen molar-refractivity contribution in [1.82, 2.24) is 0 Å². The van der Waals surface area contributed by atoms with Crippen molar-refractivity contribution in [1.29, 1.82) is 0 Å². The summed E-state index contributed by atoms with van der Waals surface area (Å²) in [5, 5.41) is 0.561. The van der Waals surface area contributed by atoms with Crippen LogP contribution in [0.1, 0.15) is 17.5 Å². The Bertz CT molecular complexity index is 717. The molecule has 0 atom stereocenters. The predicted octanol–water partition coefficient (Wildman–Crippen LogP) is 3.54. The zero-order valence-corrected chi connectivity index (χ0v) is 12.0. The lowest BCUT2D eigenvalue weighted by Crippen LogP contribution is -2.34. The first kappa shape index (κ1) is 13.9. The third kappa shape index (κ3) is 2.72. The van der Waals surface area contributed by atoms with Crippen LogP contribution in [0, 0.1) is 5.82 Å². The maximum absolute atomic E-state index is 13.3. The van der Waals surface area contributed by atoms with E-state index in [-0.39, 0.29) is 11.7 Å². The Balaban J connectivity index is 1.98. The summed E-state index contributed by atoms with van der Waals surface area (Å²) in [6.07, 6.45) is 0.934. The third-order valence-corrected chi connectivity index (χ3v) is 4.01. The topological polar surface area (TPSA) is 46.3 Å². The second kappa shape index (κ2) is 5.37. The summed E-state index contributed by atoms with van der Waals surface area (Å²) in [7, 11) is 0. The molecule has 1 aliphatic heterocycles. The molecular weight excluding hydrogens is 291 g/mol. The minimum Gasteiger partial charge on any atom is -0.399 e. The fraction of sp³-hybridized carbons (Fsp3) is 0.188. The molecule has 5 heteroatoms. The van der Waals surface area contributed by atoms with Crippen LogP contribution in [0.3, 0.4) is 0 Å². The summed E-state index contributed by atoms with van der Waals surface area (Å²) in [4.78, 5) is 13.8. The van der Waals surface area contributed by atoms with E-state index in [2.05, 4.69) is 0 Å². The highest BCUT2D eigenvalue weighted by Crippen LogP contribution is 2.31. The maximum Gasteiger partial charge on any atom is 0.227 e. The van der Waals surface area contributed by atoms with Gasteiger partial charge in [0.05, 0.1) is 6.54 Å². The highest BCUT2D eigenvalue weighted by Gasteiger charge is 2.25. The van der Waals surface area contributed by atoms with E-state index in [1.54, 1.807) is 29.2 Å². The van der Waals surface area contributed by atoms with Crippen molar-refractivity contribution in [2.75, 3.05) is 10.6 Å². The van der Waals surface area contributed by atoms with Crippen LogP contribution in [0.15, 0.2) is 36.4 Å². The molecule has 0 aromatic heterocycles. The van der Waals surface area contributed by atoms with Crippen LogP contribution in [0.25, 0.3) is 0 Å². The van der Waals surface area contributed by atoms with E-state index in [0.717, 1.165) is 16.8 Å². The molecule has 1 heterocycles. The summed E-state index contributed by atoms with van der Waals surface area (Å²) in [5.41, 5.74) is 8.73. The van der Waals surface area contributed by atoms with Crippen molar-refractivity contribution in [2.24, 2.45) is 0 Å². The van der Waals surface area contributed by atoms with Crippen LogP contribution in [0.2, 0.25) is 5.02 Å². The molecule has 108 valence electrons. The summed E-state index contributed by atoms with van der Waals surface area (Å²) < 4.78 is 13.3. The van der Waals surface area contributed by atoms with Gasteiger partial charge in [0.1, 0.15) is 5.82 Å². The van der Waals surface area contributed by atoms with Crippen molar-refractivity contribution in [3.05, 3.63) is 58.4 Å². The van der Waals surface area contributed by atoms with Crippen LogP contribution in [-0.2, 0) is 17.8 Å². The van der Waals surface area contributed by atoms with Gasteiger partial charge in [-0.3, -0.25) is 4.79 Å². The average Bonchev–Trinajstić information content (AvgIpc) is 2.45. The Labute approximate surface area is 127 Å². The van der Waals surface area contributed by atoms with Crippen LogP contribution in [-0.4, -0.2) is 5.91 Å². The van der Waals surface area contributed by atoms with Crippen LogP contribution < -0.4 is 10.6 Å². The first-order chi connectivity index (χ1) is 10.0. The molecule has 2 aromatic rings. The summed E-state index contributed by atoms with van der Waals surface area (Å²) >= 11 is 6.16. The fourth-order valence-electron chi connectivity index (χ4n) is 2.59. The van der Waals surface area contributed by atoms with Gasteiger partial charge in [0.15, 0.2) is 0 Å². The number of amides is 1. The number of rotatable bonds is 2. The average molecular weight is 305 g/mol. The maximum atomic E-state index is 13.3. The molecule has 0 spiro atoms. The van der Waals surface area contributed by atoms with Gasteiger partial charge in [0.2, 0.25) is 5.91 Å². The minimum absolute atomic E-state index is 0.00704. The number of nitrogens with zero attached hydrogens (tertiary/aromatic N) is 1. The van der Waals surface area contributed by atoms with E-state index in [4.69, 9.17) is 17.3 Å². The molecule has 0 aliphatic carbocycles. The van der Waals surface area contributed by atoms with E-state index >= 15 is 0 Å². The molecular formula is C16H14ClFN2O. The lowest BCUT2D eigenvalue weighted by atomic mass is 10.00. The van der Waals surface area contributed by atoms with E-state index in [1.165, 1.54) is 12.1 Å². The van der Waals surface area contributed by atoms with Gasteiger partial charge in [-0.25, -0.2) is 4.39 Å². The molecule has 0 radical (unpaired) electrons. The number of hydrogen-bond acceptors (Lipinski definition) is 2. The monoisotopic (exact) mass is 304 g/mol. The van der Waals surface area contributed by atoms with E-state index < -0.39 is 0 Å². The molecule has 0 unspecified atom stereocenters. The second-order valence-corrected chi connectivity index (χ2v) is 5.51. The zero-order chi connectivity index (χ0) is 15.0. The molecule has 1 aliphatic rings. The van der Waals surface area contributed by atoms with E-state index in [0.29, 0.717) is 30.1 Å². The molecule has 2 aromatic carbocycles. The van der Waals surface area contributed by atoms with Gasteiger partial charge in [-0.15, -0.1) is 0 Å². The second-order valence-electron chi connectivity index (χ2n) is 5.10. The number of anilines is 2. The van der Waals surface area contributed by atoms with Gasteiger partial charge in [0.25, 0.3) is 0 Å². The number of nitrogens with two attached hydrogens (primary N) is 1. The van der Waals surface area contributed by atoms with Crippen LogP contribution in [0.4, 0.5) is 15.8 Å². The molecule has 0 saturated carbocycles. The normalized spacial score (nSPS) is 14.2. The highest BCUT2D eigenvalue weighted by molar-refractivity contribution is 6.31. The van der Waals surface area contributed by atoms with Crippen molar-refractivity contribution >= 4 is 28.9 Å². The third-order valence-electron chi connectivity index (χ3n) is 3.64. The smallest absolute Gasteiger partial charge is 0.227 e. The summed E-state index contributed by atoms with van der Waals surface area (Å²) in [6, 6.07) is 9.68. The lowest BCUT2D eigenvalue weighted by Gasteiger charge is -2.30. The van der Waals surface area contributed by atoms with Crippen LogP contribution >= 0.6 is 11.6 Å². The van der Waals surface area contributed by atoms with Gasteiger partial charge in [-0.05, 0) is 53.9 Å². The predicted molar refractivity (Wildman–Crippen MR) is 81.8 cm³/mol. The molecule has 21 heavy (non-hydrogen) atoms. The Kier molecular flexibility index (Phi) is 3.55. The number of benzene rings is 2. The van der Waals surface area contributed by atoms with Crippen molar-refractivity contribution in [3.63, 3.8) is 0 Å². The van der Waals surface area contributed by atoms with Gasteiger partial charge in [0, 0.05) is 22.8 Å². The number of hydrogen-bond donors (Lipinski definition) is 1. The zero-order valence-electron chi connectivity index (χ0n) is 11.3. The Morgan fingerprint density at radius 2 is 2.00 bits per heavy atom. The Morgan fingerprint density at radius 3 is 2.81 bits per heavy atom. The minimum atomic E-state index is -0.287. The molecule has 3 nitrogen and oxygen atoms in total. The largest absolute Gasteiger partial charge is 0.399 e. The Morgan fingerprint density at radius 1 is 1.19 bits per heavy atom. The highest BCUT2D eigenvalue weighted by atomic mass is 35.5. The van der Waals surface area contributed by atoms with Gasteiger partial charge in [-0.1, -0.05) is 11.6 Å². The summed E-state index contributed by atoms with van der Waals surface area (Å²) in [5.74, 6) is -0.280. The van der Waals surface area contributed by atoms with Gasteiger partial charge < -0.3 is 10.6 Å². The molecule has 3 rings (SSSR count). The Hall–Kier alpha value is -2.07. The molecule has 0 saturated heterocycles. The van der Waals surface area contributed by atoms with Gasteiger partial charge >= 0.3 is 0 Å². The number of halogens is 2. The molecule has 0 fully saturated rings. The molecule has 2 N–H and O–H groups in total. The number of fused-ring (bicyclic) bond motifs is 1. The lowest BCUT2D eigenvalue weighted by molar-refractivity contribution is -0.119. The fourth-order valence-corrected chi connectivity index (χ4v) is 2.77. The number of carbonyl (C=O) groups excluding carboxylic acids is 1. The van der Waals surface area contributed by atoms with E-state index in [1.807, 2.05) is 0 Å². The van der Waals surface area contributed by atoms with Crippen molar-refractivity contribution < 1.29 is 9.18 Å². The molecule has 1 amide bonds. The quantitative estimate of drug-likeness (QED) is 0.863. The van der Waals surface area contributed by atoms with Gasteiger partial charge in [-0.2, -0.15) is 0 Å². The molecule has 0 bridgehead atoms. The van der Waals surface area contributed by atoms with E-state index in [9.17, 15) is 9.18 Å². The first-order valence-corrected chi connectivity index (χ1v) is 7.05.